The molecule has 0 saturated carbocycles. The second kappa shape index (κ2) is 6.03. The van der Waals surface area contributed by atoms with E-state index in [9.17, 15) is 23.1 Å². The minimum absolute atomic E-state index is 0.0696. The molecule has 1 atom stereocenters. The summed E-state index contributed by atoms with van der Waals surface area (Å²) in [6, 6.07) is 7.75. The molecule has 1 aliphatic heterocycles. The Balaban J connectivity index is 1.95. The predicted molar refractivity (Wildman–Crippen MR) is 88.9 cm³/mol. The zero-order chi connectivity index (χ0) is 17.5. The number of hydrogen-bond donors (Lipinski definition) is 1. The molecule has 1 N–H and O–H groups in total. The third-order valence-corrected chi connectivity index (χ3v) is 6.17. The van der Waals surface area contributed by atoms with E-state index in [0.29, 0.717) is 0 Å². The third-order valence-electron chi connectivity index (χ3n) is 4.01. The maximum atomic E-state index is 12.7. The van der Waals surface area contributed by atoms with Crippen LogP contribution in [0.15, 0.2) is 40.6 Å². The Morgan fingerprint density at radius 3 is 2.50 bits per heavy atom. The maximum absolute atomic E-state index is 12.7. The molecule has 8 heteroatoms. The van der Waals surface area contributed by atoms with Crippen molar-refractivity contribution in [2.45, 2.75) is 23.9 Å². The summed E-state index contributed by atoms with van der Waals surface area (Å²) >= 11 is 1.01. The van der Waals surface area contributed by atoms with Gasteiger partial charge in [-0.05, 0) is 17.2 Å². The number of thiophene rings is 1. The molecule has 126 valence electrons. The summed E-state index contributed by atoms with van der Waals surface area (Å²) in [6.45, 7) is 0.193. The molecule has 3 rings (SSSR count). The lowest BCUT2D eigenvalue weighted by molar-refractivity contribution is -0.142. The summed E-state index contributed by atoms with van der Waals surface area (Å²) < 4.78 is 23.1. The topological polar surface area (TPSA) is 91.8 Å². The van der Waals surface area contributed by atoms with Gasteiger partial charge in [0.1, 0.15) is 6.04 Å². The van der Waals surface area contributed by atoms with Gasteiger partial charge in [-0.15, -0.1) is 11.3 Å². The van der Waals surface area contributed by atoms with Crippen LogP contribution < -0.4 is 0 Å². The molecule has 0 aliphatic carbocycles. The molecule has 2 heterocycles. The normalized spacial score (nSPS) is 17.4. The fourth-order valence-corrected chi connectivity index (χ4v) is 4.70. The average Bonchev–Trinajstić information content (AvgIpc) is 3.03. The van der Waals surface area contributed by atoms with Crippen LogP contribution in [0.2, 0.25) is 0 Å². The minimum atomic E-state index is -3.40. The molecule has 2 aromatic rings. The van der Waals surface area contributed by atoms with Crippen LogP contribution in [0, 0.1) is 0 Å². The first kappa shape index (κ1) is 16.7. The van der Waals surface area contributed by atoms with Crippen molar-refractivity contribution >= 4 is 33.1 Å². The third kappa shape index (κ3) is 3.07. The molecule has 0 saturated heterocycles. The number of fused-ring (bicyclic) bond motifs is 1. The van der Waals surface area contributed by atoms with Gasteiger partial charge in [0.15, 0.2) is 9.84 Å². The number of benzene rings is 1. The highest BCUT2D eigenvalue weighted by molar-refractivity contribution is 7.90. The van der Waals surface area contributed by atoms with E-state index in [-0.39, 0.29) is 22.7 Å². The van der Waals surface area contributed by atoms with E-state index in [1.165, 1.54) is 16.3 Å². The van der Waals surface area contributed by atoms with E-state index in [4.69, 9.17) is 0 Å². The second-order valence-corrected chi connectivity index (χ2v) is 8.61. The summed E-state index contributed by atoms with van der Waals surface area (Å²) in [5.41, 5.74) is 1.82. The van der Waals surface area contributed by atoms with Crippen LogP contribution in [0.4, 0.5) is 0 Å². The number of carbonyl (C=O) groups is 2. The highest BCUT2D eigenvalue weighted by Crippen LogP contribution is 2.28. The van der Waals surface area contributed by atoms with Gasteiger partial charge in [0, 0.05) is 24.6 Å². The zero-order valence-corrected chi connectivity index (χ0v) is 14.4. The van der Waals surface area contributed by atoms with E-state index >= 15 is 0 Å². The van der Waals surface area contributed by atoms with Crippen LogP contribution in [0.3, 0.4) is 0 Å². The molecule has 1 aromatic heterocycles. The molecule has 6 nitrogen and oxygen atoms in total. The van der Waals surface area contributed by atoms with E-state index < -0.39 is 27.8 Å². The van der Waals surface area contributed by atoms with E-state index in [0.717, 1.165) is 28.7 Å². The summed E-state index contributed by atoms with van der Waals surface area (Å²) in [5.74, 6) is -1.53. The van der Waals surface area contributed by atoms with E-state index in [2.05, 4.69) is 0 Å². The Bertz CT molecular complexity index is 916. The minimum Gasteiger partial charge on any atom is -0.480 e. The fraction of sp³-hybridized carbons (Fsp3) is 0.250. The van der Waals surface area contributed by atoms with Gasteiger partial charge in [-0.1, -0.05) is 24.3 Å². The Morgan fingerprint density at radius 1 is 1.25 bits per heavy atom. The van der Waals surface area contributed by atoms with Crippen molar-refractivity contribution in [2.24, 2.45) is 0 Å². The Morgan fingerprint density at radius 2 is 1.92 bits per heavy atom. The smallest absolute Gasteiger partial charge is 0.326 e. The number of carboxylic acid groups (broad SMARTS) is 1. The van der Waals surface area contributed by atoms with Crippen LogP contribution in [0.1, 0.15) is 20.8 Å². The fourth-order valence-electron chi connectivity index (χ4n) is 2.72. The molecule has 0 spiro atoms. The van der Waals surface area contributed by atoms with Crippen molar-refractivity contribution in [1.29, 1.82) is 0 Å². The van der Waals surface area contributed by atoms with Crippen molar-refractivity contribution in [3.8, 4) is 0 Å². The number of amides is 1. The molecule has 1 amide bonds. The maximum Gasteiger partial charge on any atom is 0.326 e. The van der Waals surface area contributed by atoms with Gasteiger partial charge in [0.25, 0.3) is 5.91 Å². The summed E-state index contributed by atoms with van der Waals surface area (Å²) in [5, 5.41) is 10.9. The molecule has 24 heavy (non-hydrogen) atoms. The van der Waals surface area contributed by atoms with Gasteiger partial charge < -0.3 is 10.0 Å². The number of sulfone groups is 1. The molecule has 1 aliphatic rings. The molecular weight excluding hydrogens is 350 g/mol. The zero-order valence-electron chi connectivity index (χ0n) is 12.8. The first-order chi connectivity index (χ1) is 11.3. The standard InChI is InChI=1S/C16H15NO5S2/c1-24(21,22)12-7-14(23-9-12)15(18)17-8-11-5-3-2-4-10(11)6-13(17)16(19)20/h2-5,7,9,13H,6,8H2,1H3,(H,19,20). The Kier molecular flexibility index (Phi) is 4.18. The number of nitrogens with zero attached hydrogens (tertiary/aromatic N) is 1. The first-order valence-corrected chi connectivity index (χ1v) is 9.93. The Labute approximate surface area is 143 Å². The van der Waals surface area contributed by atoms with Gasteiger partial charge in [0.05, 0.1) is 9.77 Å². The van der Waals surface area contributed by atoms with Crippen LogP contribution in [-0.2, 0) is 27.6 Å². The number of aliphatic carboxylic acids is 1. The lowest BCUT2D eigenvalue weighted by atomic mass is 9.94. The molecular formula is C16H15NO5S2. The highest BCUT2D eigenvalue weighted by atomic mass is 32.2. The largest absolute Gasteiger partial charge is 0.480 e. The average molecular weight is 365 g/mol. The van der Waals surface area contributed by atoms with Gasteiger partial charge in [-0.3, -0.25) is 4.79 Å². The van der Waals surface area contributed by atoms with Crippen molar-refractivity contribution in [3.05, 3.63) is 51.7 Å². The second-order valence-electron chi connectivity index (χ2n) is 5.68. The van der Waals surface area contributed by atoms with Gasteiger partial charge in [-0.25, -0.2) is 13.2 Å². The SMILES string of the molecule is CS(=O)(=O)c1csc(C(=O)N2Cc3ccccc3CC2C(=O)O)c1. The Hall–Kier alpha value is -2.19. The van der Waals surface area contributed by atoms with Crippen LogP contribution in [0.25, 0.3) is 0 Å². The van der Waals surface area contributed by atoms with Gasteiger partial charge in [0.2, 0.25) is 0 Å². The number of carbonyl (C=O) groups excluding carboxylic acids is 1. The molecule has 1 aromatic carbocycles. The van der Waals surface area contributed by atoms with Gasteiger partial charge >= 0.3 is 5.97 Å². The van der Waals surface area contributed by atoms with Crippen molar-refractivity contribution in [2.75, 3.05) is 6.26 Å². The number of carboxylic acids is 1. The van der Waals surface area contributed by atoms with Crippen molar-refractivity contribution < 1.29 is 23.1 Å². The lowest BCUT2D eigenvalue weighted by Crippen LogP contribution is -2.48. The van der Waals surface area contributed by atoms with E-state index in [1.54, 1.807) is 0 Å². The molecule has 0 radical (unpaired) electrons. The molecule has 0 bridgehead atoms. The van der Waals surface area contributed by atoms with Crippen LogP contribution >= 0.6 is 11.3 Å². The first-order valence-electron chi connectivity index (χ1n) is 7.16. The lowest BCUT2D eigenvalue weighted by Gasteiger charge is -2.34. The van der Waals surface area contributed by atoms with Crippen LogP contribution in [0.5, 0.6) is 0 Å². The number of hydrogen-bond acceptors (Lipinski definition) is 5. The van der Waals surface area contributed by atoms with Crippen LogP contribution in [-0.4, -0.2) is 42.6 Å². The van der Waals surface area contributed by atoms with Crippen molar-refractivity contribution in [1.82, 2.24) is 4.90 Å². The quantitative estimate of drug-likeness (QED) is 0.895. The predicted octanol–water partition coefficient (Wildman–Crippen LogP) is 1.80. The van der Waals surface area contributed by atoms with Gasteiger partial charge in [-0.2, -0.15) is 0 Å². The van der Waals surface area contributed by atoms with E-state index in [1.807, 2.05) is 24.3 Å². The summed E-state index contributed by atoms with van der Waals surface area (Å²) in [6.07, 6.45) is 1.31. The summed E-state index contributed by atoms with van der Waals surface area (Å²) in [7, 11) is -3.40. The number of rotatable bonds is 3. The monoisotopic (exact) mass is 365 g/mol. The summed E-state index contributed by atoms with van der Waals surface area (Å²) in [4.78, 5) is 25.9. The molecule has 1 unspecified atom stereocenters. The highest BCUT2D eigenvalue weighted by Gasteiger charge is 2.35. The van der Waals surface area contributed by atoms with Crippen molar-refractivity contribution in [3.63, 3.8) is 0 Å². The molecule has 0 fully saturated rings.